The van der Waals surface area contributed by atoms with Crippen LogP contribution in [0.3, 0.4) is 0 Å². The van der Waals surface area contributed by atoms with Crippen LogP contribution in [0.2, 0.25) is 0 Å². The Labute approximate surface area is 275 Å². The molecule has 3 amide bonds. The summed E-state index contributed by atoms with van der Waals surface area (Å²) in [6.07, 6.45) is 1.43. The first-order chi connectivity index (χ1) is 22.8. The Morgan fingerprint density at radius 1 is 0.872 bits per heavy atom. The van der Waals surface area contributed by atoms with Crippen molar-refractivity contribution in [1.82, 2.24) is 9.80 Å². The maximum absolute atomic E-state index is 13.4. The second-order valence-corrected chi connectivity index (χ2v) is 11.3. The van der Waals surface area contributed by atoms with Crippen molar-refractivity contribution >= 4 is 35.3 Å². The van der Waals surface area contributed by atoms with Gasteiger partial charge in [0.25, 0.3) is 17.7 Å². The third-order valence-corrected chi connectivity index (χ3v) is 7.96. The highest BCUT2D eigenvalue weighted by atomic mass is 16.6. The third kappa shape index (κ3) is 8.62. The molecule has 1 aliphatic rings. The largest absolute Gasteiger partial charge is 0.486 e. The zero-order chi connectivity index (χ0) is 33.2. The average Bonchev–Trinajstić information content (AvgIpc) is 3.10. The van der Waals surface area contributed by atoms with E-state index in [0.717, 1.165) is 29.8 Å². The molecule has 0 aliphatic carbocycles. The Morgan fingerprint density at radius 3 is 2.30 bits per heavy atom. The lowest BCUT2D eigenvalue weighted by Gasteiger charge is -2.31. The number of likely N-dealkylation sites (N-methyl/N-ethyl adjacent to an activating group) is 1. The molecule has 1 saturated heterocycles. The average molecular weight is 634 g/mol. The summed E-state index contributed by atoms with van der Waals surface area (Å²) >= 11 is 0. The second-order valence-electron chi connectivity index (χ2n) is 11.3. The Balaban J connectivity index is 1.15. The number of oxime groups is 1. The van der Waals surface area contributed by atoms with Crippen LogP contribution in [0.25, 0.3) is 11.1 Å². The first-order valence-corrected chi connectivity index (χ1v) is 15.5. The summed E-state index contributed by atoms with van der Waals surface area (Å²) in [6, 6.07) is 29.5. The molecule has 0 saturated carbocycles. The molecule has 1 fully saturated rings. The van der Waals surface area contributed by atoms with Crippen molar-refractivity contribution in [3.05, 3.63) is 114 Å². The van der Waals surface area contributed by atoms with Gasteiger partial charge in [-0.3, -0.25) is 14.4 Å². The van der Waals surface area contributed by atoms with E-state index in [1.165, 1.54) is 11.1 Å². The highest BCUT2D eigenvalue weighted by Gasteiger charge is 2.20. The van der Waals surface area contributed by atoms with Crippen LogP contribution in [-0.2, 0) is 9.63 Å². The van der Waals surface area contributed by atoms with Crippen molar-refractivity contribution in [2.24, 2.45) is 5.16 Å². The molecule has 0 spiro atoms. The van der Waals surface area contributed by atoms with E-state index in [1.54, 1.807) is 54.4 Å². The molecule has 0 unspecified atom stereocenters. The van der Waals surface area contributed by atoms with E-state index in [-0.39, 0.29) is 30.9 Å². The molecule has 1 N–H and O–H groups in total. The predicted molar refractivity (Wildman–Crippen MR) is 184 cm³/mol. The summed E-state index contributed by atoms with van der Waals surface area (Å²) in [7, 11) is 3.70. The summed E-state index contributed by atoms with van der Waals surface area (Å²) in [5, 5.41) is 6.79. The van der Waals surface area contributed by atoms with Crippen LogP contribution < -0.4 is 15.0 Å². The number of para-hydroxylation sites is 2. The van der Waals surface area contributed by atoms with E-state index in [9.17, 15) is 14.4 Å². The summed E-state index contributed by atoms with van der Waals surface area (Å²) in [5.41, 5.74) is 5.10. The number of rotatable bonds is 11. The SMILES string of the molecule is Cc1ccc(-c2ccccc2C(=O)Nc2ccc(C(=O)N(C)c3ccccc3OC/C=N\OCC(=O)N3CCN(C)CC3)cc2)cc1. The van der Waals surface area contributed by atoms with Gasteiger partial charge in [-0.2, -0.15) is 0 Å². The highest BCUT2D eigenvalue weighted by molar-refractivity contribution is 6.09. The van der Waals surface area contributed by atoms with Crippen molar-refractivity contribution in [3.63, 3.8) is 0 Å². The fourth-order valence-corrected chi connectivity index (χ4v) is 5.17. The first kappa shape index (κ1) is 32.9. The summed E-state index contributed by atoms with van der Waals surface area (Å²) in [5.74, 6) is -0.0953. The molecule has 242 valence electrons. The van der Waals surface area contributed by atoms with Crippen molar-refractivity contribution < 1.29 is 24.0 Å². The normalized spacial score (nSPS) is 13.3. The molecule has 0 atom stereocenters. The number of ether oxygens (including phenoxy) is 1. The number of carbonyl (C=O) groups is 3. The van der Waals surface area contributed by atoms with Gasteiger partial charge in [0.1, 0.15) is 12.4 Å². The molecule has 0 aromatic heterocycles. The molecule has 4 aromatic rings. The quantitative estimate of drug-likeness (QED) is 0.177. The van der Waals surface area contributed by atoms with Crippen LogP contribution in [0, 0.1) is 6.92 Å². The predicted octanol–water partition coefficient (Wildman–Crippen LogP) is 5.35. The van der Waals surface area contributed by atoms with E-state index >= 15 is 0 Å². The molecule has 0 radical (unpaired) electrons. The van der Waals surface area contributed by atoms with Gasteiger partial charge in [0.15, 0.2) is 6.61 Å². The van der Waals surface area contributed by atoms with Gasteiger partial charge in [-0.15, -0.1) is 0 Å². The van der Waals surface area contributed by atoms with E-state index < -0.39 is 0 Å². The maximum atomic E-state index is 13.4. The summed E-state index contributed by atoms with van der Waals surface area (Å²) < 4.78 is 5.86. The van der Waals surface area contributed by atoms with Crippen molar-refractivity contribution in [2.45, 2.75) is 6.92 Å². The van der Waals surface area contributed by atoms with Crippen LogP contribution in [0.5, 0.6) is 5.75 Å². The number of hydrogen-bond acceptors (Lipinski definition) is 7. The molecule has 10 nitrogen and oxygen atoms in total. The van der Waals surface area contributed by atoms with E-state index in [4.69, 9.17) is 9.57 Å². The van der Waals surface area contributed by atoms with Crippen LogP contribution in [-0.4, -0.2) is 87.2 Å². The number of aryl methyl sites for hydroxylation is 1. The van der Waals surface area contributed by atoms with Gasteiger partial charge in [0, 0.05) is 50.0 Å². The maximum Gasteiger partial charge on any atom is 0.263 e. The number of anilines is 2. The topological polar surface area (TPSA) is 104 Å². The summed E-state index contributed by atoms with van der Waals surface area (Å²) in [4.78, 5) is 49.5. The molecule has 4 aromatic carbocycles. The van der Waals surface area contributed by atoms with Crippen molar-refractivity contribution in [3.8, 4) is 16.9 Å². The molecule has 47 heavy (non-hydrogen) atoms. The molecule has 10 heteroatoms. The fraction of sp³-hybridized carbons (Fsp3) is 0.243. The standard InChI is InChI=1S/C37H39N5O5/c1-27-12-14-28(15-13-27)31-8-4-5-9-32(31)36(44)39-30-18-16-29(17-19-30)37(45)41(3)33-10-6-7-11-34(33)46-25-20-38-47-26-35(43)42-23-21-40(2)22-24-42/h4-20H,21-26H2,1-3H3,(H,39,44)/b38-20-. The Kier molecular flexibility index (Phi) is 11.0. The van der Waals surface area contributed by atoms with Crippen LogP contribution in [0.15, 0.2) is 102 Å². The first-order valence-electron chi connectivity index (χ1n) is 15.5. The minimum absolute atomic E-state index is 0.0865. The fourth-order valence-electron chi connectivity index (χ4n) is 5.17. The number of nitrogens with one attached hydrogen (secondary N) is 1. The number of nitrogens with zero attached hydrogens (tertiary/aromatic N) is 4. The van der Waals surface area contributed by atoms with Gasteiger partial charge in [0.2, 0.25) is 0 Å². The van der Waals surface area contributed by atoms with Gasteiger partial charge in [-0.1, -0.05) is 65.3 Å². The van der Waals surface area contributed by atoms with Gasteiger partial charge in [-0.05, 0) is 67.6 Å². The zero-order valence-corrected chi connectivity index (χ0v) is 26.9. The minimum atomic E-state index is -0.247. The van der Waals surface area contributed by atoms with Gasteiger partial charge in [-0.25, -0.2) is 0 Å². The lowest BCUT2D eigenvalue weighted by Crippen LogP contribution is -2.48. The van der Waals surface area contributed by atoms with Gasteiger partial charge in [0.05, 0.1) is 11.9 Å². The third-order valence-electron chi connectivity index (χ3n) is 7.96. The lowest BCUT2D eigenvalue weighted by atomic mass is 9.98. The number of piperazine rings is 1. The lowest BCUT2D eigenvalue weighted by molar-refractivity contribution is -0.137. The molecule has 5 rings (SSSR count). The smallest absolute Gasteiger partial charge is 0.263 e. The molecule has 1 aliphatic heterocycles. The van der Waals surface area contributed by atoms with Crippen molar-refractivity contribution in [2.75, 3.05) is 63.7 Å². The molecule has 0 bridgehead atoms. The van der Waals surface area contributed by atoms with Crippen LogP contribution in [0.1, 0.15) is 26.3 Å². The van der Waals surface area contributed by atoms with Crippen LogP contribution >= 0.6 is 0 Å². The molecular weight excluding hydrogens is 594 g/mol. The monoisotopic (exact) mass is 633 g/mol. The van der Waals surface area contributed by atoms with Crippen LogP contribution in [0.4, 0.5) is 11.4 Å². The Bertz CT molecular complexity index is 1710. The molecular formula is C37H39N5O5. The van der Waals surface area contributed by atoms with E-state index in [2.05, 4.69) is 15.4 Å². The van der Waals surface area contributed by atoms with E-state index in [0.29, 0.717) is 41.3 Å². The number of amides is 3. The number of hydrogen-bond donors (Lipinski definition) is 1. The highest BCUT2D eigenvalue weighted by Crippen LogP contribution is 2.29. The summed E-state index contributed by atoms with van der Waals surface area (Å²) in [6.45, 7) is 5.03. The van der Waals surface area contributed by atoms with E-state index in [1.807, 2.05) is 68.6 Å². The Morgan fingerprint density at radius 2 is 1.55 bits per heavy atom. The van der Waals surface area contributed by atoms with Gasteiger partial charge >= 0.3 is 0 Å². The second kappa shape index (κ2) is 15.7. The zero-order valence-electron chi connectivity index (χ0n) is 26.9. The molecule has 1 heterocycles. The minimum Gasteiger partial charge on any atom is -0.486 e. The number of carbonyl (C=O) groups excluding carboxylic acids is 3. The van der Waals surface area contributed by atoms with Gasteiger partial charge < -0.3 is 29.6 Å². The number of benzene rings is 4. The van der Waals surface area contributed by atoms with Crippen molar-refractivity contribution in [1.29, 1.82) is 0 Å². The Hall–Kier alpha value is -5.48.